The van der Waals surface area contributed by atoms with Crippen LogP contribution in [-0.2, 0) is 9.59 Å². The van der Waals surface area contributed by atoms with Crippen molar-refractivity contribution < 1.29 is 14.7 Å². The van der Waals surface area contributed by atoms with Crippen molar-refractivity contribution in [3.63, 3.8) is 0 Å². The quantitative estimate of drug-likeness (QED) is 0.655. The first-order valence-electron chi connectivity index (χ1n) is 6.35. The molecule has 0 aliphatic rings. The topological polar surface area (TPSA) is 78.4 Å². The molecule has 0 heterocycles. The molecule has 3 N–H and O–H groups in total. The van der Waals surface area contributed by atoms with Crippen LogP contribution in [0.4, 0.5) is 0 Å². The van der Waals surface area contributed by atoms with Crippen molar-refractivity contribution in [3.8, 4) is 0 Å². The maximum Gasteiger partial charge on any atom is 0.239 e. The fourth-order valence-corrected chi connectivity index (χ4v) is 1.45. The number of carbonyl (C=O) groups excluding carboxylic acids is 2. The van der Waals surface area contributed by atoms with Crippen LogP contribution >= 0.6 is 0 Å². The predicted octanol–water partition coefficient (Wildman–Crippen LogP) is 0.672. The number of rotatable bonds is 6. The highest BCUT2D eigenvalue weighted by Gasteiger charge is 2.21. The highest BCUT2D eigenvalue weighted by Crippen LogP contribution is 2.11. The molecule has 0 aliphatic heterocycles. The first kappa shape index (κ1) is 16.9. The number of aliphatic hydroxyl groups excluding tert-OH is 1. The van der Waals surface area contributed by atoms with Gasteiger partial charge in [0.25, 0.3) is 0 Å². The average Bonchev–Trinajstić information content (AvgIpc) is 2.22. The number of hydrogen-bond donors (Lipinski definition) is 3. The summed E-state index contributed by atoms with van der Waals surface area (Å²) >= 11 is 0. The van der Waals surface area contributed by atoms with E-state index in [0.717, 1.165) is 6.42 Å². The lowest BCUT2D eigenvalue weighted by Gasteiger charge is -2.20. The molecule has 5 nitrogen and oxygen atoms in total. The lowest BCUT2D eigenvalue weighted by atomic mass is 9.96. The second-order valence-electron chi connectivity index (χ2n) is 6.01. The highest BCUT2D eigenvalue weighted by atomic mass is 16.3. The highest BCUT2D eigenvalue weighted by molar-refractivity contribution is 5.87. The molecular formula is C13H26N2O3. The maximum atomic E-state index is 11.6. The van der Waals surface area contributed by atoms with Gasteiger partial charge in [-0.05, 0) is 12.3 Å². The van der Waals surface area contributed by atoms with Gasteiger partial charge in [-0.1, -0.05) is 34.6 Å². The van der Waals surface area contributed by atoms with Crippen LogP contribution in [0.2, 0.25) is 0 Å². The van der Waals surface area contributed by atoms with Gasteiger partial charge in [-0.25, -0.2) is 0 Å². The minimum absolute atomic E-state index is 0.0509. The minimum atomic E-state index is -0.505. The summed E-state index contributed by atoms with van der Waals surface area (Å²) in [6.45, 7) is 9.27. The van der Waals surface area contributed by atoms with Gasteiger partial charge in [-0.2, -0.15) is 0 Å². The third-order valence-corrected chi connectivity index (χ3v) is 2.43. The Labute approximate surface area is 109 Å². The second kappa shape index (κ2) is 7.36. The van der Waals surface area contributed by atoms with Crippen molar-refractivity contribution in [2.45, 2.75) is 47.1 Å². The van der Waals surface area contributed by atoms with Crippen LogP contribution in [0.15, 0.2) is 0 Å². The Morgan fingerprint density at radius 1 is 1.22 bits per heavy atom. The van der Waals surface area contributed by atoms with E-state index in [9.17, 15) is 9.59 Å². The molecule has 0 fully saturated rings. The molecule has 0 aliphatic carbocycles. The van der Waals surface area contributed by atoms with Gasteiger partial charge in [0, 0.05) is 5.41 Å². The number of nitrogens with one attached hydrogen (secondary N) is 2. The molecule has 0 bridgehead atoms. The Kier molecular flexibility index (Phi) is 6.91. The normalized spacial score (nSPS) is 13.3. The van der Waals surface area contributed by atoms with Gasteiger partial charge in [0.15, 0.2) is 0 Å². The second-order valence-corrected chi connectivity index (χ2v) is 6.01. The molecular weight excluding hydrogens is 232 g/mol. The molecule has 5 heteroatoms. The molecule has 1 atom stereocenters. The number of carbonyl (C=O) groups is 2. The van der Waals surface area contributed by atoms with Crippen LogP contribution in [0.25, 0.3) is 0 Å². The lowest BCUT2D eigenvalue weighted by Crippen LogP contribution is -2.46. The Morgan fingerprint density at radius 3 is 2.17 bits per heavy atom. The van der Waals surface area contributed by atoms with Crippen molar-refractivity contribution in [3.05, 3.63) is 0 Å². The fourth-order valence-electron chi connectivity index (χ4n) is 1.45. The van der Waals surface area contributed by atoms with Gasteiger partial charge in [0.2, 0.25) is 11.8 Å². The molecule has 0 rings (SSSR count). The average molecular weight is 258 g/mol. The molecule has 0 spiro atoms. The fraction of sp³-hybridized carbons (Fsp3) is 0.846. The summed E-state index contributed by atoms with van der Waals surface area (Å²) in [5.41, 5.74) is -0.505. The molecule has 0 aromatic carbocycles. The summed E-state index contributed by atoms with van der Waals surface area (Å²) in [4.78, 5) is 23.1. The largest absolute Gasteiger partial charge is 0.394 e. The minimum Gasteiger partial charge on any atom is -0.394 e. The molecule has 0 saturated heterocycles. The Bertz CT molecular complexity index is 282. The van der Waals surface area contributed by atoms with Crippen molar-refractivity contribution >= 4 is 11.8 Å². The van der Waals surface area contributed by atoms with E-state index in [1.807, 2.05) is 13.8 Å². The van der Waals surface area contributed by atoms with Crippen LogP contribution < -0.4 is 10.6 Å². The van der Waals surface area contributed by atoms with E-state index in [4.69, 9.17) is 5.11 Å². The van der Waals surface area contributed by atoms with E-state index in [0.29, 0.717) is 5.92 Å². The first-order valence-corrected chi connectivity index (χ1v) is 6.35. The van der Waals surface area contributed by atoms with Crippen LogP contribution in [0.3, 0.4) is 0 Å². The molecule has 2 amide bonds. The van der Waals surface area contributed by atoms with E-state index in [-0.39, 0.29) is 31.0 Å². The van der Waals surface area contributed by atoms with Crippen molar-refractivity contribution in [2.24, 2.45) is 11.3 Å². The third kappa shape index (κ3) is 7.27. The van der Waals surface area contributed by atoms with E-state index < -0.39 is 5.41 Å². The van der Waals surface area contributed by atoms with Crippen LogP contribution in [-0.4, -0.2) is 36.1 Å². The van der Waals surface area contributed by atoms with Crippen LogP contribution in [0.5, 0.6) is 0 Å². The van der Waals surface area contributed by atoms with Crippen molar-refractivity contribution in [2.75, 3.05) is 13.2 Å². The molecule has 0 saturated carbocycles. The molecule has 0 aromatic heterocycles. The molecule has 106 valence electrons. The number of aliphatic hydroxyl groups is 1. The predicted molar refractivity (Wildman–Crippen MR) is 70.9 cm³/mol. The van der Waals surface area contributed by atoms with E-state index in [1.165, 1.54) is 0 Å². The van der Waals surface area contributed by atoms with Gasteiger partial charge < -0.3 is 15.7 Å². The SMILES string of the molecule is CC(C)CC(CO)NC(=O)CNC(=O)C(C)(C)C. The zero-order valence-corrected chi connectivity index (χ0v) is 12.0. The standard InChI is InChI=1S/C13H26N2O3/c1-9(2)6-10(8-16)15-11(17)7-14-12(18)13(3,4)5/h9-10,16H,6-8H2,1-5H3,(H,14,18)(H,15,17). The summed E-state index contributed by atoms with van der Waals surface area (Å²) in [5, 5.41) is 14.4. The van der Waals surface area contributed by atoms with Crippen molar-refractivity contribution in [1.82, 2.24) is 10.6 Å². The Balaban J connectivity index is 4.07. The number of hydrogen-bond acceptors (Lipinski definition) is 3. The molecule has 18 heavy (non-hydrogen) atoms. The van der Waals surface area contributed by atoms with Gasteiger partial charge in [-0.15, -0.1) is 0 Å². The zero-order chi connectivity index (χ0) is 14.3. The van der Waals surface area contributed by atoms with Gasteiger partial charge in [0.05, 0.1) is 19.2 Å². The summed E-state index contributed by atoms with van der Waals surface area (Å²) in [6, 6.07) is -0.246. The van der Waals surface area contributed by atoms with Gasteiger partial charge in [0.1, 0.15) is 0 Å². The van der Waals surface area contributed by atoms with Gasteiger partial charge >= 0.3 is 0 Å². The monoisotopic (exact) mass is 258 g/mol. The zero-order valence-electron chi connectivity index (χ0n) is 12.0. The molecule has 0 radical (unpaired) electrons. The van der Waals surface area contributed by atoms with E-state index in [2.05, 4.69) is 10.6 Å². The van der Waals surface area contributed by atoms with E-state index >= 15 is 0 Å². The summed E-state index contributed by atoms with van der Waals surface area (Å²) < 4.78 is 0. The third-order valence-electron chi connectivity index (χ3n) is 2.43. The van der Waals surface area contributed by atoms with E-state index in [1.54, 1.807) is 20.8 Å². The maximum absolute atomic E-state index is 11.6. The summed E-state index contributed by atoms with van der Waals surface area (Å²) in [5.74, 6) is -0.0408. The molecule has 0 aromatic rings. The number of amides is 2. The Morgan fingerprint density at radius 2 is 1.78 bits per heavy atom. The van der Waals surface area contributed by atoms with Crippen LogP contribution in [0, 0.1) is 11.3 Å². The summed E-state index contributed by atoms with van der Waals surface area (Å²) in [6.07, 6.45) is 0.718. The smallest absolute Gasteiger partial charge is 0.239 e. The Hall–Kier alpha value is -1.10. The lowest BCUT2D eigenvalue weighted by molar-refractivity contribution is -0.131. The van der Waals surface area contributed by atoms with Gasteiger partial charge in [-0.3, -0.25) is 9.59 Å². The first-order chi connectivity index (χ1) is 8.16. The van der Waals surface area contributed by atoms with Crippen LogP contribution in [0.1, 0.15) is 41.0 Å². The summed E-state index contributed by atoms with van der Waals surface area (Å²) in [7, 11) is 0. The van der Waals surface area contributed by atoms with Crippen molar-refractivity contribution in [1.29, 1.82) is 0 Å². The molecule has 1 unspecified atom stereocenters.